The Morgan fingerprint density at radius 1 is 1.24 bits per heavy atom. The van der Waals surface area contributed by atoms with E-state index in [-0.39, 0.29) is 0 Å². The number of aromatic nitrogens is 1. The van der Waals surface area contributed by atoms with Gasteiger partial charge in [0.1, 0.15) is 5.52 Å². The number of nitrogens with zero attached hydrogens (tertiary/aromatic N) is 2. The van der Waals surface area contributed by atoms with E-state index in [9.17, 15) is 0 Å². The molecular formula is C18H26N2O. The van der Waals surface area contributed by atoms with Gasteiger partial charge in [-0.3, -0.25) is 0 Å². The highest BCUT2D eigenvalue weighted by molar-refractivity contribution is 5.72. The molecule has 0 bridgehead atoms. The molecule has 0 amide bonds. The number of oxazole rings is 1. The Kier molecular flexibility index (Phi) is 4.91. The van der Waals surface area contributed by atoms with Crippen LogP contribution >= 0.6 is 0 Å². The third kappa shape index (κ3) is 3.85. The van der Waals surface area contributed by atoms with Crippen LogP contribution in [0.2, 0.25) is 0 Å². The summed E-state index contributed by atoms with van der Waals surface area (Å²) in [6.45, 7) is 6.03. The summed E-state index contributed by atoms with van der Waals surface area (Å²) in [6, 6.07) is 8.01. The molecule has 1 aromatic carbocycles. The van der Waals surface area contributed by atoms with Gasteiger partial charge in [0.2, 0.25) is 0 Å². The maximum atomic E-state index is 5.78. The van der Waals surface area contributed by atoms with Crippen molar-refractivity contribution in [2.75, 3.05) is 19.6 Å². The fraction of sp³-hybridized carbons (Fsp3) is 0.611. The van der Waals surface area contributed by atoms with Gasteiger partial charge >= 0.3 is 0 Å². The van der Waals surface area contributed by atoms with Crippen molar-refractivity contribution >= 4 is 11.1 Å². The highest BCUT2D eigenvalue weighted by atomic mass is 16.3. The van der Waals surface area contributed by atoms with Gasteiger partial charge in [-0.15, -0.1) is 0 Å². The van der Waals surface area contributed by atoms with Crippen LogP contribution in [-0.4, -0.2) is 29.5 Å². The fourth-order valence-corrected chi connectivity index (χ4v) is 3.39. The van der Waals surface area contributed by atoms with Crippen molar-refractivity contribution in [3.05, 3.63) is 30.2 Å². The Balaban J connectivity index is 1.42. The van der Waals surface area contributed by atoms with E-state index >= 15 is 0 Å². The molecule has 21 heavy (non-hydrogen) atoms. The van der Waals surface area contributed by atoms with Crippen LogP contribution < -0.4 is 0 Å². The van der Waals surface area contributed by atoms with Crippen LogP contribution in [0.25, 0.3) is 11.1 Å². The summed E-state index contributed by atoms with van der Waals surface area (Å²) in [6.07, 6.45) is 7.61. The van der Waals surface area contributed by atoms with Gasteiger partial charge in [-0.2, -0.15) is 0 Å². The molecule has 1 aliphatic rings. The lowest BCUT2D eigenvalue weighted by molar-refractivity contribution is 0.176. The minimum absolute atomic E-state index is 0.886. The highest BCUT2D eigenvalue weighted by Crippen LogP contribution is 2.22. The van der Waals surface area contributed by atoms with E-state index in [1.807, 2.05) is 24.3 Å². The summed E-state index contributed by atoms with van der Waals surface area (Å²) >= 11 is 0. The monoisotopic (exact) mass is 286 g/mol. The van der Waals surface area contributed by atoms with Crippen molar-refractivity contribution in [2.45, 2.75) is 45.4 Å². The van der Waals surface area contributed by atoms with E-state index in [2.05, 4.69) is 16.8 Å². The highest BCUT2D eigenvalue weighted by Gasteiger charge is 2.18. The number of hydrogen-bond acceptors (Lipinski definition) is 3. The van der Waals surface area contributed by atoms with Crippen LogP contribution in [0.15, 0.2) is 28.7 Å². The molecule has 1 fully saturated rings. The molecule has 3 heteroatoms. The fourth-order valence-electron chi connectivity index (χ4n) is 3.39. The third-order valence-electron chi connectivity index (χ3n) is 4.61. The normalized spacial score (nSPS) is 17.6. The average molecular weight is 286 g/mol. The zero-order chi connectivity index (χ0) is 14.5. The standard InChI is InChI=1S/C18H26N2O/c1-2-6-15-10-13-20(14-11-15)12-5-9-18-19-16-7-3-4-8-17(16)21-18/h3-4,7-8,15H,2,5-6,9-14H2,1H3. The molecule has 0 N–H and O–H groups in total. The Labute approximate surface area is 127 Å². The molecule has 0 spiro atoms. The summed E-state index contributed by atoms with van der Waals surface area (Å²) in [4.78, 5) is 7.15. The zero-order valence-electron chi connectivity index (χ0n) is 13.1. The minimum Gasteiger partial charge on any atom is -0.441 e. The predicted octanol–water partition coefficient (Wildman–Crippen LogP) is 4.27. The Morgan fingerprint density at radius 3 is 2.81 bits per heavy atom. The van der Waals surface area contributed by atoms with Crippen LogP contribution in [-0.2, 0) is 6.42 Å². The number of aryl methyl sites for hydroxylation is 1. The molecule has 0 saturated carbocycles. The van der Waals surface area contributed by atoms with Gasteiger partial charge in [-0.05, 0) is 56.9 Å². The van der Waals surface area contributed by atoms with Gasteiger partial charge < -0.3 is 9.32 Å². The number of likely N-dealkylation sites (tertiary alicyclic amines) is 1. The van der Waals surface area contributed by atoms with Crippen molar-refractivity contribution in [3.8, 4) is 0 Å². The lowest BCUT2D eigenvalue weighted by Crippen LogP contribution is -2.34. The van der Waals surface area contributed by atoms with E-state index in [0.29, 0.717) is 0 Å². The van der Waals surface area contributed by atoms with E-state index in [1.165, 1.54) is 45.3 Å². The molecule has 1 aromatic heterocycles. The van der Waals surface area contributed by atoms with Crippen molar-refractivity contribution in [3.63, 3.8) is 0 Å². The first-order valence-corrected chi connectivity index (χ1v) is 8.42. The Hall–Kier alpha value is -1.35. The van der Waals surface area contributed by atoms with Crippen molar-refractivity contribution in [1.29, 1.82) is 0 Å². The smallest absolute Gasteiger partial charge is 0.195 e. The van der Waals surface area contributed by atoms with Crippen LogP contribution in [0.5, 0.6) is 0 Å². The topological polar surface area (TPSA) is 29.3 Å². The summed E-state index contributed by atoms with van der Waals surface area (Å²) in [5.41, 5.74) is 1.89. The second-order valence-electron chi connectivity index (χ2n) is 6.25. The number of rotatable bonds is 6. The van der Waals surface area contributed by atoms with Gasteiger partial charge in [-0.25, -0.2) is 4.98 Å². The molecule has 114 valence electrons. The number of benzene rings is 1. The summed E-state index contributed by atoms with van der Waals surface area (Å²) in [5, 5.41) is 0. The molecule has 3 rings (SSSR count). The van der Waals surface area contributed by atoms with Crippen LogP contribution in [0.3, 0.4) is 0 Å². The first kappa shape index (κ1) is 14.6. The van der Waals surface area contributed by atoms with Crippen molar-refractivity contribution in [1.82, 2.24) is 9.88 Å². The number of hydrogen-bond donors (Lipinski definition) is 0. The Morgan fingerprint density at radius 2 is 2.05 bits per heavy atom. The number of para-hydroxylation sites is 2. The second-order valence-corrected chi connectivity index (χ2v) is 6.25. The van der Waals surface area contributed by atoms with Gasteiger partial charge in [0.25, 0.3) is 0 Å². The first-order valence-electron chi connectivity index (χ1n) is 8.42. The predicted molar refractivity (Wildman–Crippen MR) is 86.4 cm³/mol. The van der Waals surface area contributed by atoms with E-state index in [0.717, 1.165) is 35.7 Å². The average Bonchev–Trinajstić information content (AvgIpc) is 2.92. The molecule has 0 aliphatic carbocycles. The lowest BCUT2D eigenvalue weighted by atomic mass is 9.92. The maximum Gasteiger partial charge on any atom is 0.195 e. The molecule has 1 saturated heterocycles. The third-order valence-corrected chi connectivity index (χ3v) is 4.61. The van der Waals surface area contributed by atoms with Gasteiger partial charge in [0.05, 0.1) is 0 Å². The van der Waals surface area contributed by atoms with E-state index < -0.39 is 0 Å². The second kappa shape index (κ2) is 7.08. The van der Waals surface area contributed by atoms with Crippen LogP contribution in [0, 0.1) is 5.92 Å². The lowest BCUT2D eigenvalue weighted by Gasteiger charge is -2.31. The SMILES string of the molecule is CCCC1CCN(CCCc2nc3ccccc3o2)CC1. The van der Waals surface area contributed by atoms with Crippen LogP contribution in [0.4, 0.5) is 0 Å². The molecule has 0 radical (unpaired) electrons. The summed E-state index contributed by atoms with van der Waals surface area (Å²) in [5.74, 6) is 1.86. The van der Waals surface area contributed by atoms with Gasteiger partial charge in [0, 0.05) is 6.42 Å². The molecule has 2 aromatic rings. The van der Waals surface area contributed by atoms with E-state index in [1.54, 1.807) is 0 Å². The number of fused-ring (bicyclic) bond motifs is 1. The maximum absolute atomic E-state index is 5.78. The number of piperidine rings is 1. The molecule has 0 unspecified atom stereocenters. The van der Waals surface area contributed by atoms with E-state index in [4.69, 9.17) is 4.42 Å². The Bertz CT molecular complexity index is 522. The summed E-state index contributed by atoms with van der Waals surface area (Å²) in [7, 11) is 0. The molecule has 0 atom stereocenters. The molecule has 2 heterocycles. The van der Waals surface area contributed by atoms with Crippen molar-refractivity contribution in [2.24, 2.45) is 5.92 Å². The zero-order valence-corrected chi connectivity index (χ0v) is 13.1. The molecule has 3 nitrogen and oxygen atoms in total. The summed E-state index contributed by atoms with van der Waals surface area (Å²) < 4.78 is 5.78. The van der Waals surface area contributed by atoms with Crippen molar-refractivity contribution < 1.29 is 4.42 Å². The van der Waals surface area contributed by atoms with Gasteiger partial charge in [-0.1, -0.05) is 31.9 Å². The van der Waals surface area contributed by atoms with Crippen LogP contribution in [0.1, 0.15) is 44.9 Å². The molecular weight excluding hydrogens is 260 g/mol. The van der Waals surface area contributed by atoms with Gasteiger partial charge in [0.15, 0.2) is 11.5 Å². The quantitative estimate of drug-likeness (QED) is 0.794. The minimum atomic E-state index is 0.886. The molecule has 1 aliphatic heterocycles. The first-order chi connectivity index (χ1) is 10.3. The largest absolute Gasteiger partial charge is 0.441 e.